The summed E-state index contributed by atoms with van der Waals surface area (Å²) in [6.07, 6.45) is 0.155. The van der Waals surface area contributed by atoms with Crippen molar-refractivity contribution < 1.29 is 22.8 Å². The lowest BCUT2D eigenvalue weighted by molar-refractivity contribution is -0.127. The molecule has 25 heavy (non-hydrogen) atoms. The molecule has 1 aliphatic heterocycles. The number of carbonyl (C=O) groups excluding carboxylic acids is 2. The van der Waals surface area contributed by atoms with Crippen LogP contribution in [0.4, 0.5) is 13.2 Å². The molecule has 0 aromatic carbocycles. The Hall–Kier alpha value is -2.38. The van der Waals surface area contributed by atoms with Gasteiger partial charge in [0.2, 0.25) is 0 Å². The summed E-state index contributed by atoms with van der Waals surface area (Å²) in [6.45, 7) is 4.15. The van der Waals surface area contributed by atoms with Crippen LogP contribution in [0.15, 0.2) is 24.0 Å². The minimum Gasteiger partial charge on any atom is -0.396 e. The fourth-order valence-corrected chi connectivity index (χ4v) is 3.74. The number of alkyl halides is 2. The second-order valence-electron chi connectivity index (χ2n) is 7.41. The molecule has 1 aromatic heterocycles. The van der Waals surface area contributed by atoms with Gasteiger partial charge in [-0.05, 0) is 18.6 Å². The average Bonchev–Trinajstić information content (AvgIpc) is 2.48. The highest BCUT2D eigenvalue weighted by Gasteiger charge is 2.52. The van der Waals surface area contributed by atoms with E-state index in [1.54, 1.807) is 19.9 Å². The van der Waals surface area contributed by atoms with Crippen LogP contribution in [0.2, 0.25) is 0 Å². The first kappa shape index (κ1) is 17.4. The molecule has 0 radical (unpaired) electrons. The van der Waals surface area contributed by atoms with Crippen molar-refractivity contribution in [2.75, 3.05) is 13.1 Å². The number of halogens is 3. The number of amides is 1. The third kappa shape index (κ3) is 2.89. The lowest BCUT2D eigenvalue weighted by Crippen LogP contribution is -2.61. The van der Waals surface area contributed by atoms with Crippen molar-refractivity contribution in [3.8, 4) is 0 Å². The van der Waals surface area contributed by atoms with Gasteiger partial charge in [-0.25, -0.2) is 18.2 Å². The molecule has 134 valence electrons. The zero-order chi connectivity index (χ0) is 18.6. The molecular weight excluding hydrogens is 335 g/mol. The summed E-state index contributed by atoms with van der Waals surface area (Å²) in [6, 6.07) is 0.626. The van der Waals surface area contributed by atoms with Gasteiger partial charge >= 0.3 is 0 Å². The maximum Gasteiger partial charge on any atom is 0.275 e. The van der Waals surface area contributed by atoms with Gasteiger partial charge in [0, 0.05) is 35.7 Å². The van der Waals surface area contributed by atoms with Gasteiger partial charge in [-0.15, -0.1) is 0 Å². The zero-order valence-electron chi connectivity index (χ0n) is 13.9. The number of nitrogens with two attached hydrogens (primary N) is 1. The molecule has 0 saturated carbocycles. The van der Waals surface area contributed by atoms with Gasteiger partial charge < -0.3 is 10.6 Å². The summed E-state index contributed by atoms with van der Waals surface area (Å²) in [7, 11) is 0. The number of carbonyl (C=O) groups is 2. The minimum absolute atomic E-state index is 0.127. The first-order valence-electron chi connectivity index (χ1n) is 7.81. The lowest BCUT2D eigenvalue weighted by atomic mass is 9.62. The normalized spacial score (nSPS) is 21.3. The molecule has 1 fully saturated rings. The van der Waals surface area contributed by atoms with Crippen molar-refractivity contribution in [3.05, 3.63) is 41.1 Å². The van der Waals surface area contributed by atoms with Crippen LogP contribution < -0.4 is 5.73 Å². The Morgan fingerprint density at radius 1 is 1.36 bits per heavy atom. The number of rotatable bonds is 2. The number of nitrogens with zero attached hydrogens (tertiary/aromatic N) is 2. The first-order valence-corrected chi connectivity index (χ1v) is 7.81. The van der Waals surface area contributed by atoms with Gasteiger partial charge in [0.1, 0.15) is 0 Å². The van der Waals surface area contributed by atoms with E-state index in [0.29, 0.717) is 12.5 Å². The number of aromatic nitrogens is 1. The Balaban J connectivity index is 1.77. The van der Waals surface area contributed by atoms with Crippen LogP contribution in [0.25, 0.3) is 0 Å². The van der Waals surface area contributed by atoms with Crippen LogP contribution in [0.1, 0.15) is 42.7 Å². The summed E-state index contributed by atoms with van der Waals surface area (Å²) >= 11 is 0. The summed E-state index contributed by atoms with van der Waals surface area (Å²) in [4.78, 5) is 29.4. The maximum absolute atomic E-state index is 13.9. The minimum atomic E-state index is -2.85. The van der Waals surface area contributed by atoms with Crippen molar-refractivity contribution in [1.82, 2.24) is 9.88 Å². The van der Waals surface area contributed by atoms with Crippen LogP contribution in [0.5, 0.6) is 0 Å². The van der Waals surface area contributed by atoms with Crippen LogP contribution in [0, 0.1) is 16.6 Å². The van der Waals surface area contributed by atoms with Crippen LogP contribution >= 0.6 is 0 Å². The second-order valence-corrected chi connectivity index (χ2v) is 7.41. The Bertz CT molecular complexity index is 783. The number of hydrogen-bond acceptors (Lipinski definition) is 4. The van der Waals surface area contributed by atoms with E-state index in [9.17, 15) is 22.8 Å². The largest absolute Gasteiger partial charge is 0.396 e. The lowest BCUT2D eigenvalue weighted by Gasteiger charge is -2.53. The summed E-state index contributed by atoms with van der Waals surface area (Å²) < 4.78 is 39.0. The molecule has 0 bridgehead atoms. The molecule has 1 saturated heterocycles. The SMILES string of the molecule is CC1(C)CC2(C=C(N)C1=O)CN(C(=O)c1ncc(C(F)F)cc1F)C2. The predicted octanol–water partition coefficient (Wildman–Crippen LogP) is 2.44. The van der Waals surface area contributed by atoms with Gasteiger partial charge in [-0.1, -0.05) is 13.8 Å². The summed E-state index contributed by atoms with van der Waals surface area (Å²) in [5.74, 6) is -1.86. The molecule has 2 N–H and O–H groups in total. The number of Topliss-reactive ketones (excluding diaryl/α,β-unsaturated/α-hetero) is 1. The van der Waals surface area contributed by atoms with E-state index >= 15 is 0 Å². The topological polar surface area (TPSA) is 76.3 Å². The standard InChI is InChI=1S/C17H18F3N3O2/c1-16(2)6-17(4-11(21)13(16)24)7-23(8-17)15(25)12-10(18)3-9(5-22-12)14(19)20/h3-5,14H,6-8,21H2,1-2H3. The van der Waals surface area contributed by atoms with Gasteiger partial charge in [-0.3, -0.25) is 9.59 Å². The molecule has 2 heterocycles. The van der Waals surface area contributed by atoms with Gasteiger partial charge in [-0.2, -0.15) is 0 Å². The van der Waals surface area contributed by atoms with Crippen molar-refractivity contribution in [2.24, 2.45) is 16.6 Å². The molecule has 5 nitrogen and oxygen atoms in total. The molecule has 1 aromatic rings. The molecular formula is C17H18F3N3O2. The number of pyridine rings is 1. The molecule has 3 rings (SSSR count). The number of ketones is 1. The molecule has 8 heteroatoms. The third-order valence-electron chi connectivity index (χ3n) is 4.75. The van der Waals surface area contributed by atoms with Gasteiger partial charge in [0.15, 0.2) is 17.3 Å². The van der Waals surface area contributed by atoms with Crippen molar-refractivity contribution >= 4 is 11.7 Å². The zero-order valence-corrected chi connectivity index (χ0v) is 13.9. The fraction of sp³-hybridized carbons (Fsp3) is 0.471. The smallest absolute Gasteiger partial charge is 0.275 e. The molecule has 0 unspecified atom stereocenters. The van der Waals surface area contributed by atoms with E-state index < -0.39 is 40.2 Å². The van der Waals surface area contributed by atoms with Crippen molar-refractivity contribution in [1.29, 1.82) is 0 Å². The van der Waals surface area contributed by atoms with Gasteiger partial charge in [0.25, 0.3) is 12.3 Å². The molecule has 1 spiro atoms. The third-order valence-corrected chi connectivity index (χ3v) is 4.75. The van der Waals surface area contributed by atoms with Crippen LogP contribution in [-0.2, 0) is 4.79 Å². The highest BCUT2D eigenvalue weighted by molar-refractivity contribution is 6.00. The monoisotopic (exact) mass is 353 g/mol. The second kappa shape index (κ2) is 5.57. The molecule has 1 amide bonds. The number of allylic oxidation sites excluding steroid dienone is 1. The Morgan fingerprint density at radius 2 is 2.00 bits per heavy atom. The Kier molecular flexibility index (Phi) is 3.89. The van der Waals surface area contributed by atoms with Crippen molar-refractivity contribution in [2.45, 2.75) is 26.7 Å². The fourth-order valence-electron chi connectivity index (χ4n) is 3.74. The van der Waals surface area contributed by atoms with Crippen molar-refractivity contribution in [3.63, 3.8) is 0 Å². The quantitative estimate of drug-likeness (QED) is 0.886. The molecule has 0 atom stereocenters. The molecule has 2 aliphatic rings. The van der Waals surface area contributed by atoms with E-state index in [0.717, 1.165) is 6.20 Å². The first-order chi connectivity index (χ1) is 11.5. The van der Waals surface area contributed by atoms with E-state index in [2.05, 4.69) is 4.98 Å². The summed E-state index contributed by atoms with van der Waals surface area (Å²) in [5.41, 5.74) is 3.88. The number of hydrogen-bond donors (Lipinski definition) is 1. The van der Waals surface area contributed by atoms with E-state index in [-0.39, 0.29) is 24.6 Å². The predicted molar refractivity (Wildman–Crippen MR) is 83.2 cm³/mol. The van der Waals surface area contributed by atoms with Gasteiger partial charge in [0.05, 0.1) is 5.70 Å². The van der Waals surface area contributed by atoms with E-state index in [1.807, 2.05) is 0 Å². The van der Waals surface area contributed by atoms with Crippen LogP contribution in [-0.4, -0.2) is 34.7 Å². The highest BCUT2D eigenvalue weighted by Crippen LogP contribution is 2.47. The number of likely N-dealkylation sites (tertiary alicyclic amines) is 1. The maximum atomic E-state index is 13.9. The Morgan fingerprint density at radius 3 is 2.52 bits per heavy atom. The average molecular weight is 353 g/mol. The van der Waals surface area contributed by atoms with E-state index in [1.165, 1.54) is 4.90 Å². The summed E-state index contributed by atoms with van der Waals surface area (Å²) in [5, 5.41) is 0. The molecule has 1 aliphatic carbocycles. The highest BCUT2D eigenvalue weighted by atomic mass is 19.3. The van der Waals surface area contributed by atoms with Crippen LogP contribution in [0.3, 0.4) is 0 Å². The van der Waals surface area contributed by atoms with E-state index in [4.69, 9.17) is 5.73 Å². The Labute approximate surface area is 142 Å².